The fourth-order valence-corrected chi connectivity index (χ4v) is 4.55. The van der Waals surface area contributed by atoms with E-state index < -0.39 is 0 Å². The van der Waals surface area contributed by atoms with Gasteiger partial charge >= 0.3 is 0 Å². The number of hydrogen-bond acceptors (Lipinski definition) is 7. The highest BCUT2D eigenvalue weighted by Crippen LogP contribution is 2.43. The van der Waals surface area contributed by atoms with Gasteiger partial charge in [0, 0.05) is 48.9 Å². The number of aromatic hydroxyl groups is 1. The molecule has 178 valence electrons. The van der Waals surface area contributed by atoms with E-state index in [1.165, 1.54) is 0 Å². The Kier molecular flexibility index (Phi) is 6.76. The van der Waals surface area contributed by atoms with Crippen LogP contribution in [0.1, 0.15) is 6.42 Å². The number of pyridine rings is 1. The number of nitrogens with zero attached hydrogens (tertiary/aromatic N) is 3. The smallest absolute Gasteiger partial charge is 0.231 e. The number of rotatable bonds is 7. The third-order valence-corrected chi connectivity index (χ3v) is 6.56. The lowest BCUT2D eigenvalue weighted by Gasteiger charge is -2.32. The average molecular weight is 481 g/mol. The minimum absolute atomic E-state index is 0.132. The van der Waals surface area contributed by atoms with Gasteiger partial charge in [0.25, 0.3) is 0 Å². The summed E-state index contributed by atoms with van der Waals surface area (Å²) in [6, 6.07) is 14.8. The van der Waals surface area contributed by atoms with E-state index in [4.69, 9.17) is 26.1 Å². The lowest BCUT2D eigenvalue weighted by molar-refractivity contribution is 0.154. The molecule has 0 radical (unpaired) electrons. The van der Waals surface area contributed by atoms with Crippen molar-refractivity contribution in [2.24, 2.45) is 0 Å². The minimum atomic E-state index is 0.132. The van der Waals surface area contributed by atoms with Gasteiger partial charge in [0.2, 0.25) is 6.79 Å². The number of aromatic nitrogens is 1. The van der Waals surface area contributed by atoms with Crippen LogP contribution in [0, 0.1) is 0 Å². The summed E-state index contributed by atoms with van der Waals surface area (Å²) in [6.45, 7) is 6.54. The number of hydrogen-bond donors (Lipinski definition) is 2. The van der Waals surface area contributed by atoms with Crippen LogP contribution < -0.4 is 14.8 Å². The molecule has 2 N–H and O–H groups in total. The Balaban J connectivity index is 1.40. The molecule has 2 aromatic carbocycles. The number of para-hydroxylation sites is 1. The van der Waals surface area contributed by atoms with Crippen LogP contribution in [0.25, 0.3) is 22.4 Å². The van der Waals surface area contributed by atoms with Crippen LogP contribution in [0.15, 0.2) is 48.5 Å². The molecular weight excluding hydrogens is 452 g/mol. The van der Waals surface area contributed by atoms with Crippen molar-refractivity contribution in [1.82, 2.24) is 14.8 Å². The first-order valence-electron chi connectivity index (χ1n) is 11.6. The molecule has 8 heteroatoms. The number of piperazine rings is 1. The molecule has 0 spiro atoms. The van der Waals surface area contributed by atoms with Gasteiger partial charge in [0.05, 0.1) is 5.69 Å². The first-order chi connectivity index (χ1) is 16.6. The van der Waals surface area contributed by atoms with Crippen molar-refractivity contribution in [1.29, 1.82) is 0 Å². The standard InChI is InChI=1S/C26H29ClN4O3/c1-30-10-12-31(13-11-30)9-3-8-28-25-15-18(20-4-2-5-24-26(20)34-17-33-24)14-22(29-25)21-16-19(27)6-7-23(21)32/h2,4-7,14-16,32H,3,8-13,17H2,1H3,(H,28,29). The molecule has 7 nitrogen and oxygen atoms in total. The zero-order valence-electron chi connectivity index (χ0n) is 19.3. The summed E-state index contributed by atoms with van der Waals surface area (Å²) in [5.41, 5.74) is 3.06. The largest absolute Gasteiger partial charge is 0.507 e. The first kappa shape index (κ1) is 22.8. The molecule has 0 bridgehead atoms. The lowest BCUT2D eigenvalue weighted by atomic mass is 10.0. The molecule has 0 aliphatic carbocycles. The minimum Gasteiger partial charge on any atom is -0.507 e. The maximum Gasteiger partial charge on any atom is 0.231 e. The third-order valence-electron chi connectivity index (χ3n) is 6.32. The molecule has 3 heterocycles. The number of halogens is 1. The van der Waals surface area contributed by atoms with Gasteiger partial charge in [-0.15, -0.1) is 0 Å². The average Bonchev–Trinajstić information content (AvgIpc) is 3.33. The van der Waals surface area contributed by atoms with Gasteiger partial charge in [-0.1, -0.05) is 23.7 Å². The predicted octanol–water partition coefficient (Wildman–Crippen LogP) is 4.55. The zero-order chi connectivity index (χ0) is 23.5. The SMILES string of the molecule is CN1CCN(CCCNc2cc(-c3cccc4c3OCO4)cc(-c3cc(Cl)ccc3O)n2)CC1. The van der Waals surface area contributed by atoms with E-state index in [1.54, 1.807) is 18.2 Å². The fourth-order valence-electron chi connectivity index (χ4n) is 4.38. The summed E-state index contributed by atoms with van der Waals surface area (Å²) < 4.78 is 11.3. The number of phenolic OH excluding ortho intramolecular Hbond substituents is 1. The molecule has 0 unspecified atom stereocenters. The molecule has 0 atom stereocenters. The van der Waals surface area contributed by atoms with Gasteiger partial charge in [-0.3, -0.25) is 0 Å². The highest BCUT2D eigenvalue weighted by Gasteiger charge is 2.20. The fraction of sp³-hybridized carbons (Fsp3) is 0.346. The van der Waals surface area contributed by atoms with Crippen LogP contribution in [0.3, 0.4) is 0 Å². The molecule has 5 rings (SSSR count). The van der Waals surface area contributed by atoms with Crippen LogP contribution in [0.4, 0.5) is 5.82 Å². The van der Waals surface area contributed by atoms with Crippen LogP contribution >= 0.6 is 11.6 Å². The van der Waals surface area contributed by atoms with Crippen LogP contribution in [-0.2, 0) is 0 Å². The molecular formula is C26H29ClN4O3. The van der Waals surface area contributed by atoms with Gasteiger partial charge in [-0.2, -0.15) is 0 Å². The van der Waals surface area contributed by atoms with Crippen molar-refractivity contribution in [3.8, 4) is 39.6 Å². The Labute approximate surface area is 204 Å². The van der Waals surface area contributed by atoms with Crippen molar-refractivity contribution in [2.45, 2.75) is 6.42 Å². The molecule has 1 saturated heterocycles. The Bertz CT molecular complexity index is 1160. The monoisotopic (exact) mass is 480 g/mol. The Morgan fingerprint density at radius 2 is 1.88 bits per heavy atom. The summed E-state index contributed by atoms with van der Waals surface area (Å²) in [6.07, 6.45) is 1.02. The van der Waals surface area contributed by atoms with E-state index in [9.17, 15) is 5.11 Å². The summed E-state index contributed by atoms with van der Waals surface area (Å²) >= 11 is 6.23. The Hall–Kier alpha value is -3.00. The summed E-state index contributed by atoms with van der Waals surface area (Å²) in [5, 5.41) is 14.5. The quantitative estimate of drug-likeness (QED) is 0.480. The lowest BCUT2D eigenvalue weighted by Crippen LogP contribution is -2.44. The predicted molar refractivity (Wildman–Crippen MR) is 135 cm³/mol. The molecule has 2 aliphatic rings. The molecule has 0 amide bonds. The Morgan fingerprint density at radius 1 is 1.03 bits per heavy atom. The summed E-state index contributed by atoms with van der Waals surface area (Å²) in [4.78, 5) is 9.67. The second-order valence-corrected chi connectivity index (χ2v) is 9.19. The molecule has 34 heavy (non-hydrogen) atoms. The van der Waals surface area contributed by atoms with Crippen LogP contribution in [0.5, 0.6) is 17.2 Å². The van der Waals surface area contributed by atoms with E-state index in [0.29, 0.717) is 16.3 Å². The van der Waals surface area contributed by atoms with Gasteiger partial charge in [0.1, 0.15) is 11.6 Å². The van der Waals surface area contributed by atoms with E-state index in [-0.39, 0.29) is 12.5 Å². The van der Waals surface area contributed by atoms with Gasteiger partial charge < -0.3 is 29.7 Å². The summed E-state index contributed by atoms with van der Waals surface area (Å²) in [7, 11) is 2.17. The van der Waals surface area contributed by atoms with E-state index in [2.05, 4.69) is 22.2 Å². The van der Waals surface area contributed by atoms with Crippen LogP contribution in [0.2, 0.25) is 5.02 Å². The Morgan fingerprint density at radius 3 is 2.74 bits per heavy atom. The van der Waals surface area contributed by atoms with E-state index in [1.807, 2.05) is 30.3 Å². The first-order valence-corrected chi connectivity index (χ1v) is 12.0. The van der Waals surface area contributed by atoms with Crippen molar-refractivity contribution in [2.75, 3.05) is 58.4 Å². The molecule has 1 fully saturated rings. The molecule has 3 aromatic rings. The number of anilines is 1. The van der Waals surface area contributed by atoms with E-state index >= 15 is 0 Å². The number of fused-ring (bicyclic) bond motifs is 1. The molecule has 1 aromatic heterocycles. The van der Waals surface area contributed by atoms with Crippen molar-refractivity contribution >= 4 is 17.4 Å². The van der Waals surface area contributed by atoms with Crippen LogP contribution in [-0.4, -0.2) is 73.0 Å². The van der Waals surface area contributed by atoms with Crippen molar-refractivity contribution in [3.05, 3.63) is 53.6 Å². The van der Waals surface area contributed by atoms with E-state index in [0.717, 1.165) is 74.1 Å². The number of benzene rings is 2. The number of likely N-dealkylation sites (N-methyl/N-ethyl adjacent to an activating group) is 1. The molecule has 2 aliphatic heterocycles. The number of nitrogens with one attached hydrogen (secondary N) is 1. The third kappa shape index (κ3) is 5.06. The van der Waals surface area contributed by atoms with Gasteiger partial charge in [-0.25, -0.2) is 4.98 Å². The van der Waals surface area contributed by atoms with Gasteiger partial charge in [0.15, 0.2) is 11.5 Å². The topological polar surface area (TPSA) is 70.1 Å². The highest BCUT2D eigenvalue weighted by atomic mass is 35.5. The number of phenols is 1. The maximum atomic E-state index is 10.5. The van der Waals surface area contributed by atoms with Crippen molar-refractivity contribution in [3.63, 3.8) is 0 Å². The normalized spacial score (nSPS) is 16.1. The number of ether oxygens (including phenoxy) is 2. The van der Waals surface area contributed by atoms with Gasteiger partial charge in [-0.05, 0) is 62.0 Å². The molecule has 0 saturated carbocycles. The van der Waals surface area contributed by atoms with Crippen molar-refractivity contribution < 1.29 is 14.6 Å². The maximum absolute atomic E-state index is 10.5. The zero-order valence-corrected chi connectivity index (χ0v) is 20.0. The summed E-state index contributed by atoms with van der Waals surface area (Å²) in [5.74, 6) is 2.31. The second-order valence-electron chi connectivity index (χ2n) is 8.75. The second kappa shape index (κ2) is 10.1. The highest BCUT2D eigenvalue weighted by molar-refractivity contribution is 6.31.